The molecule has 4 rings (SSSR count). The SMILES string of the molecule is CCOC(=O)c1ccc(CC(=O)c2ccc3c(c2)C(c2cccs2)=CCC3(C)C)cc1. The van der Waals surface area contributed by atoms with Crippen molar-refractivity contribution in [1.29, 1.82) is 0 Å². The molecule has 3 aromatic rings. The van der Waals surface area contributed by atoms with Gasteiger partial charge < -0.3 is 4.74 Å². The maximum Gasteiger partial charge on any atom is 0.338 e. The Morgan fingerprint density at radius 2 is 1.77 bits per heavy atom. The van der Waals surface area contributed by atoms with Gasteiger partial charge in [0.05, 0.1) is 12.2 Å². The van der Waals surface area contributed by atoms with Crippen molar-refractivity contribution < 1.29 is 14.3 Å². The molecule has 0 amide bonds. The van der Waals surface area contributed by atoms with Crippen molar-refractivity contribution in [3.05, 3.63) is 98.7 Å². The highest BCUT2D eigenvalue weighted by Gasteiger charge is 2.29. The van der Waals surface area contributed by atoms with Crippen LogP contribution in [0.1, 0.15) is 69.5 Å². The molecule has 158 valence electrons. The third-order valence-electron chi connectivity index (χ3n) is 5.79. The third-order valence-corrected chi connectivity index (χ3v) is 6.70. The van der Waals surface area contributed by atoms with Crippen LogP contribution < -0.4 is 0 Å². The van der Waals surface area contributed by atoms with Gasteiger partial charge in [-0.15, -0.1) is 11.3 Å². The zero-order valence-corrected chi connectivity index (χ0v) is 18.9. The molecule has 0 saturated carbocycles. The predicted molar refractivity (Wildman–Crippen MR) is 126 cm³/mol. The van der Waals surface area contributed by atoms with E-state index in [1.54, 1.807) is 30.4 Å². The molecule has 0 bridgehead atoms. The summed E-state index contributed by atoms with van der Waals surface area (Å²) in [6, 6.07) is 17.4. The molecule has 0 saturated heterocycles. The fourth-order valence-electron chi connectivity index (χ4n) is 4.03. The number of hydrogen-bond acceptors (Lipinski definition) is 4. The molecule has 4 heteroatoms. The van der Waals surface area contributed by atoms with Crippen LogP contribution in [0.2, 0.25) is 0 Å². The van der Waals surface area contributed by atoms with Crippen molar-refractivity contribution in [2.75, 3.05) is 6.61 Å². The molecule has 0 unspecified atom stereocenters. The second-order valence-electron chi connectivity index (χ2n) is 8.46. The minimum absolute atomic E-state index is 0.0423. The summed E-state index contributed by atoms with van der Waals surface area (Å²) >= 11 is 1.73. The molecule has 0 spiro atoms. The van der Waals surface area contributed by atoms with E-state index >= 15 is 0 Å². The molecule has 0 aliphatic heterocycles. The normalized spacial score (nSPS) is 14.5. The van der Waals surface area contributed by atoms with Gasteiger partial charge in [-0.25, -0.2) is 4.79 Å². The first kappa shape index (κ1) is 21.3. The van der Waals surface area contributed by atoms with Gasteiger partial charge in [-0.05, 0) is 70.7 Å². The molecule has 1 heterocycles. The van der Waals surface area contributed by atoms with Crippen molar-refractivity contribution >= 4 is 28.7 Å². The molecule has 31 heavy (non-hydrogen) atoms. The maximum absolute atomic E-state index is 13.1. The van der Waals surface area contributed by atoms with Gasteiger partial charge in [0.25, 0.3) is 0 Å². The van der Waals surface area contributed by atoms with Gasteiger partial charge in [-0.1, -0.05) is 50.3 Å². The van der Waals surface area contributed by atoms with Crippen LogP contribution in [0.5, 0.6) is 0 Å². The topological polar surface area (TPSA) is 43.4 Å². The average Bonchev–Trinajstić information content (AvgIpc) is 3.29. The van der Waals surface area contributed by atoms with Crippen molar-refractivity contribution in [3.8, 4) is 0 Å². The monoisotopic (exact) mass is 430 g/mol. The lowest BCUT2D eigenvalue weighted by Gasteiger charge is -2.32. The Hall–Kier alpha value is -2.98. The molecular formula is C27H26O3S. The highest BCUT2D eigenvalue weighted by molar-refractivity contribution is 7.11. The second kappa shape index (κ2) is 8.64. The van der Waals surface area contributed by atoms with Gasteiger partial charge in [0, 0.05) is 16.9 Å². The lowest BCUT2D eigenvalue weighted by atomic mass is 9.72. The molecular weight excluding hydrogens is 404 g/mol. The van der Waals surface area contributed by atoms with E-state index in [-0.39, 0.29) is 17.2 Å². The number of fused-ring (bicyclic) bond motifs is 1. The van der Waals surface area contributed by atoms with Crippen LogP contribution in [0, 0.1) is 0 Å². The smallest absolute Gasteiger partial charge is 0.338 e. The fourth-order valence-corrected chi connectivity index (χ4v) is 4.81. The van der Waals surface area contributed by atoms with Gasteiger partial charge in [0.2, 0.25) is 0 Å². The number of allylic oxidation sites excluding steroid dienone is 1. The van der Waals surface area contributed by atoms with E-state index in [0.29, 0.717) is 24.2 Å². The van der Waals surface area contributed by atoms with Crippen LogP contribution in [0.15, 0.2) is 66.1 Å². The third kappa shape index (κ3) is 4.40. The summed E-state index contributed by atoms with van der Waals surface area (Å²) in [6.45, 7) is 6.63. The van der Waals surface area contributed by atoms with Gasteiger partial charge in [-0.2, -0.15) is 0 Å². The number of esters is 1. The Labute approximate surface area is 187 Å². The molecule has 1 aromatic heterocycles. The number of ether oxygens (including phenoxy) is 1. The molecule has 1 aliphatic carbocycles. The molecule has 3 nitrogen and oxygen atoms in total. The summed E-state index contributed by atoms with van der Waals surface area (Å²) in [5.74, 6) is -0.272. The van der Waals surface area contributed by atoms with Crippen LogP contribution in [0.3, 0.4) is 0 Å². The Bertz CT molecular complexity index is 1140. The lowest BCUT2D eigenvalue weighted by molar-refractivity contribution is 0.0526. The summed E-state index contributed by atoms with van der Waals surface area (Å²) in [5.41, 5.74) is 5.80. The van der Waals surface area contributed by atoms with E-state index in [1.165, 1.54) is 16.0 Å². The van der Waals surface area contributed by atoms with Crippen LogP contribution in [-0.4, -0.2) is 18.4 Å². The summed E-state index contributed by atoms with van der Waals surface area (Å²) in [7, 11) is 0. The van der Waals surface area contributed by atoms with E-state index in [1.807, 2.05) is 18.2 Å². The minimum Gasteiger partial charge on any atom is -0.462 e. The zero-order chi connectivity index (χ0) is 22.0. The molecule has 2 aromatic carbocycles. The largest absolute Gasteiger partial charge is 0.462 e. The number of carbonyl (C=O) groups excluding carboxylic acids is 2. The first-order valence-corrected chi connectivity index (χ1v) is 11.4. The van der Waals surface area contributed by atoms with Gasteiger partial charge in [-0.3, -0.25) is 4.79 Å². The highest BCUT2D eigenvalue weighted by Crippen LogP contribution is 2.42. The first-order valence-electron chi connectivity index (χ1n) is 10.6. The van der Waals surface area contributed by atoms with E-state index in [4.69, 9.17) is 4.74 Å². The van der Waals surface area contributed by atoms with Crippen LogP contribution >= 0.6 is 11.3 Å². The van der Waals surface area contributed by atoms with Crippen molar-refractivity contribution in [2.24, 2.45) is 0 Å². The Kier molecular flexibility index (Phi) is 5.92. The van der Waals surface area contributed by atoms with Crippen LogP contribution in [-0.2, 0) is 16.6 Å². The van der Waals surface area contributed by atoms with Gasteiger partial charge >= 0.3 is 5.97 Å². The van der Waals surface area contributed by atoms with Crippen molar-refractivity contribution in [3.63, 3.8) is 0 Å². The first-order chi connectivity index (χ1) is 14.9. The molecule has 0 radical (unpaired) electrons. The van der Waals surface area contributed by atoms with Gasteiger partial charge in [0.1, 0.15) is 0 Å². The molecule has 1 aliphatic rings. The second-order valence-corrected chi connectivity index (χ2v) is 9.41. The Balaban J connectivity index is 1.60. The summed E-state index contributed by atoms with van der Waals surface area (Å²) in [6.07, 6.45) is 3.58. The lowest BCUT2D eigenvalue weighted by Crippen LogP contribution is -2.22. The van der Waals surface area contributed by atoms with Crippen LogP contribution in [0.4, 0.5) is 0 Å². The van der Waals surface area contributed by atoms with E-state index in [9.17, 15) is 9.59 Å². The fraction of sp³-hybridized carbons (Fsp3) is 0.259. The number of thiophene rings is 1. The van der Waals surface area contributed by atoms with E-state index in [0.717, 1.165) is 17.5 Å². The summed E-state index contributed by atoms with van der Waals surface area (Å²) in [5, 5.41) is 2.09. The minimum atomic E-state index is -0.342. The molecule has 0 N–H and O–H groups in total. The standard InChI is InChI=1S/C27H26O3S/c1-4-30-26(29)19-9-7-18(8-10-19)16-24(28)20-11-12-23-22(17-20)21(13-14-27(23,2)3)25-6-5-15-31-25/h5-13,15,17H,4,14,16H2,1-3H3. The number of Topliss-reactive ketones (excluding diaryl/α,β-unsaturated/α-hetero) is 1. The molecule has 0 atom stereocenters. The quantitative estimate of drug-likeness (QED) is 0.333. The maximum atomic E-state index is 13.1. The zero-order valence-electron chi connectivity index (χ0n) is 18.1. The highest BCUT2D eigenvalue weighted by atomic mass is 32.1. The molecule has 0 fully saturated rings. The van der Waals surface area contributed by atoms with Crippen molar-refractivity contribution in [1.82, 2.24) is 0 Å². The number of ketones is 1. The van der Waals surface area contributed by atoms with Crippen LogP contribution in [0.25, 0.3) is 5.57 Å². The van der Waals surface area contributed by atoms with Gasteiger partial charge in [0.15, 0.2) is 5.78 Å². The number of benzene rings is 2. The Morgan fingerprint density at radius 3 is 2.45 bits per heavy atom. The number of hydrogen-bond donors (Lipinski definition) is 0. The average molecular weight is 431 g/mol. The summed E-state index contributed by atoms with van der Waals surface area (Å²) < 4.78 is 5.02. The number of rotatable bonds is 6. The van der Waals surface area contributed by atoms with Crippen molar-refractivity contribution in [2.45, 2.75) is 39.0 Å². The Morgan fingerprint density at radius 1 is 1.03 bits per heavy atom. The number of carbonyl (C=O) groups is 2. The summed E-state index contributed by atoms with van der Waals surface area (Å²) in [4.78, 5) is 26.1. The van der Waals surface area contributed by atoms with E-state index in [2.05, 4.69) is 49.6 Å². The van der Waals surface area contributed by atoms with E-state index < -0.39 is 0 Å². The predicted octanol–water partition coefficient (Wildman–Crippen LogP) is 6.46.